The first-order valence-electron chi connectivity index (χ1n) is 7.78. The van der Waals surface area contributed by atoms with E-state index in [1.54, 1.807) is 0 Å². The van der Waals surface area contributed by atoms with Crippen LogP contribution in [0.1, 0.15) is 53.9 Å². The van der Waals surface area contributed by atoms with E-state index in [0.717, 1.165) is 13.2 Å². The number of hydrogen-bond donors (Lipinski definition) is 0. The van der Waals surface area contributed by atoms with Gasteiger partial charge in [0, 0.05) is 12.5 Å². The Labute approximate surface area is 120 Å². The molecule has 19 heavy (non-hydrogen) atoms. The van der Waals surface area contributed by atoms with Crippen LogP contribution in [0.25, 0.3) is 0 Å². The first kappa shape index (κ1) is 15.5. The first-order valence-corrected chi connectivity index (χ1v) is 10.7. The molecule has 0 unspecified atom stereocenters. The van der Waals surface area contributed by atoms with Crippen molar-refractivity contribution in [1.82, 2.24) is 0 Å². The van der Waals surface area contributed by atoms with Gasteiger partial charge < -0.3 is 9.16 Å². The predicted octanol–water partition coefficient (Wildman–Crippen LogP) is 4.60. The Bertz CT molecular complexity index is 331. The Morgan fingerprint density at radius 3 is 2.26 bits per heavy atom. The van der Waals surface area contributed by atoms with Crippen LogP contribution in [0.2, 0.25) is 18.1 Å². The van der Waals surface area contributed by atoms with E-state index in [0.29, 0.717) is 16.4 Å². The minimum atomic E-state index is -1.64. The number of epoxide rings is 1. The van der Waals surface area contributed by atoms with Crippen LogP contribution < -0.4 is 0 Å². The summed E-state index contributed by atoms with van der Waals surface area (Å²) in [6, 6.07) is 0. The van der Waals surface area contributed by atoms with Crippen LogP contribution >= 0.6 is 0 Å². The molecule has 0 amide bonds. The van der Waals surface area contributed by atoms with Gasteiger partial charge in [0.2, 0.25) is 0 Å². The van der Waals surface area contributed by atoms with E-state index >= 15 is 0 Å². The van der Waals surface area contributed by atoms with Crippen molar-refractivity contribution < 1.29 is 9.16 Å². The molecule has 2 fully saturated rings. The van der Waals surface area contributed by atoms with E-state index < -0.39 is 8.32 Å². The summed E-state index contributed by atoms with van der Waals surface area (Å²) in [6.07, 6.45) is 3.86. The zero-order chi connectivity index (χ0) is 14.5. The summed E-state index contributed by atoms with van der Waals surface area (Å²) >= 11 is 0. The summed E-state index contributed by atoms with van der Waals surface area (Å²) in [5.74, 6) is 0.572. The van der Waals surface area contributed by atoms with Crippen molar-refractivity contribution in [1.29, 1.82) is 0 Å². The van der Waals surface area contributed by atoms with Gasteiger partial charge in [-0.3, -0.25) is 0 Å². The SMILES string of the molecule is CC1(C)CCC[C@]2(CO2)[C@H]1CO[Si](C)(C)C(C)(C)C. The monoisotopic (exact) mass is 284 g/mol. The minimum Gasteiger partial charge on any atom is -0.416 e. The van der Waals surface area contributed by atoms with Crippen molar-refractivity contribution in [3.8, 4) is 0 Å². The molecule has 0 aromatic heterocycles. The molecule has 1 spiro atoms. The largest absolute Gasteiger partial charge is 0.416 e. The summed E-state index contributed by atoms with van der Waals surface area (Å²) in [5.41, 5.74) is 0.529. The molecular weight excluding hydrogens is 252 g/mol. The summed E-state index contributed by atoms with van der Waals surface area (Å²) in [5, 5.41) is 0.295. The van der Waals surface area contributed by atoms with Crippen LogP contribution in [-0.2, 0) is 9.16 Å². The van der Waals surface area contributed by atoms with E-state index in [1.165, 1.54) is 19.3 Å². The van der Waals surface area contributed by atoms with Gasteiger partial charge in [-0.15, -0.1) is 0 Å². The molecule has 0 aromatic rings. The lowest BCUT2D eigenvalue weighted by molar-refractivity contribution is 0.00694. The van der Waals surface area contributed by atoms with Crippen LogP contribution in [-0.4, -0.2) is 27.1 Å². The molecule has 2 aliphatic rings. The third-order valence-corrected chi connectivity index (χ3v) is 10.4. The third kappa shape index (κ3) is 2.93. The number of rotatable bonds is 3. The Morgan fingerprint density at radius 1 is 1.21 bits per heavy atom. The van der Waals surface area contributed by atoms with Gasteiger partial charge in [0.25, 0.3) is 0 Å². The Balaban J connectivity index is 2.05. The maximum Gasteiger partial charge on any atom is 0.191 e. The van der Waals surface area contributed by atoms with Gasteiger partial charge in [-0.05, 0) is 42.8 Å². The molecule has 0 radical (unpaired) electrons. The normalized spacial score (nSPS) is 34.6. The standard InChI is InChI=1S/C16H32O2Si/c1-14(2,3)19(6,7)18-11-13-15(4,5)9-8-10-16(13)12-17-16/h13H,8-12H2,1-7H3/t13-,16-/m0/s1. The molecule has 1 heterocycles. The Hall–Kier alpha value is 0.137. The lowest BCUT2D eigenvalue weighted by Gasteiger charge is -2.45. The Morgan fingerprint density at radius 2 is 1.79 bits per heavy atom. The zero-order valence-electron chi connectivity index (χ0n) is 13.9. The van der Waals surface area contributed by atoms with Gasteiger partial charge in [-0.2, -0.15) is 0 Å². The highest BCUT2D eigenvalue weighted by Gasteiger charge is 2.58. The lowest BCUT2D eigenvalue weighted by atomic mass is 9.64. The second-order valence-corrected chi connectivity index (χ2v) is 13.6. The van der Waals surface area contributed by atoms with Crippen molar-refractivity contribution in [2.75, 3.05) is 13.2 Å². The van der Waals surface area contributed by atoms with Crippen LogP contribution in [0, 0.1) is 11.3 Å². The van der Waals surface area contributed by atoms with Gasteiger partial charge in [0.15, 0.2) is 8.32 Å². The molecule has 0 bridgehead atoms. The molecule has 3 heteroatoms. The fraction of sp³-hybridized carbons (Fsp3) is 1.00. The van der Waals surface area contributed by atoms with Crippen LogP contribution in [0.15, 0.2) is 0 Å². The fourth-order valence-corrected chi connectivity index (χ4v) is 4.24. The van der Waals surface area contributed by atoms with Crippen LogP contribution in [0.3, 0.4) is 0 Å². The molecule has 2 nitrogen and oxygen atoms in total. The second kappa shape index (κ2) is 4.57. The molecule has 2 atom stereocenters. The van der Waals surface area contributed by atoms with Crippen molar-refractivity contribution in [2.45, 2.75) is 77.6 Å². The first-order chi connectivity index (χ1) is 8.50. The molecule has 1 saturated carbocycles. The average Bonchev–Trinajstić information content (AvgIpc) is 2.94. The van der Waals surface area contributed by atoms with Crippen molar-refractivity contribution >= 4 is 8.32 Å². The lowest BCUT2D eigenvalue weighted by Crippen LogP contribution is -2.48. The van der Waals surface area contributed by atoms with Crippen molar-refractivity contribution in [2.24, 2.45) is 11.3 Å². The van der Waals surface area contributed by atoms with Gasteiger partial charge in [-0.25, -0.2) is 0 Å². The zero-order valence-corrected chi connectivity index (χ0v) is 14.9. The molecule has 0 aromatic carbocycles. The highest BCUT2D eigenvalue weighted by molar-refractivity contribution is 6.74. The predicted molar refractivity (Wildman–Crippen MR) is 83.0 cm³/mol. The molecule has 1 aliphatic heterocycles. The molecule has 112 valence electrons. The summed E-state index contributed by atoms with van der Waals surface area (Å²) < 4.78 is 12.4. The smallest absolute Gasteiger partial charge is 0.191 e. The highest BCUT2D eigenvalue weighted by Crippen LogP contribution is 2.54. The minimum absolute atomic E-state index is 0.171. The molecular formula is C16H32O2Si. The summed E-state index contributed by atoms with van der Waals surface area (Å²) in [7, 11) is -1.64. The fourth-order valence-electron chi connectivity index (χ4n) is 3.23. The van der Waals surface area contributed by atoms with Crippen molar-refractivity contribution in [3.05, 3.63) is 0 Å². The van der Waals surface area contributed by atoms with Crippen LogP contribution in [0.5, 0.6) is 0 Å². The maximum absolute atomic E-state index is 6.50. The maximum atomic E-state index is 6.50. The second-order valence-electron chi connectivity index (χ2n) is 8.82. The van der Waals surface area contributed by atoms with Gasteiger partial charge in [0.1, 0.15) is 0 Å². The van der Waals surface area contributed by atoms with E-state index in [2.05, 4.69) is 47.7 Å². The third-order valence-electron chi connectivity index (χ3n) is 5.93. The molecule has 1 saturated heterocycles. The van der Waals surface area contributed by atoms with Crippen LogP contribution in [0.4, 0.5) is 0 Å². The number of ether oxygens (including phenoxy) is 1. The molecule has 0 N–H and O–H groups in total. The van der Waals surface area contributed by atoms with E-state index in [1.807, 2.05) is 0 Å². The quantitative estimate of drug-likeness (QED) is 0.558. The van der Waals surface area contributed by atoms with E-state index in [-0.39, 0.29) is 5.60 Å². The van der Waals surface area contributed by atoms with Gasteiger partial charge in [-0.1, -0.05) is 34.6 Å². The summed E-state index contributed by atoms with van der Waals surface area (Å²) in [6.45, 7) is 18.3. The Kier molecular flexibility index (Phi) is 3.73. The molecule has 2 rings (SSSR count). The van der Waals surface area contributed by atoms with Crippen molar-refractivity contribution in [3.63, 3.8) is 0 Å². The number of hydrogen-bond acceptors (Lipinski definition) is 2. The van der Waals surface area contributed by atoms with E-state index in [9.17, 15) is 0 Å². The van der Waals surface area contributed by atoms with Gasteiger partial charge >= 0.3 is 0 Å². The van der Waals surface area contributed by atoms with E-state index in [4.69, 9.17) is 9.16 Å². The molecule has 1 aliphatic carbocycles. The topological polar surface area (TPSA) is 21.8 Å². The van der Waals surface area contributed by atoms with Gasteiger partial charge in [0.05, 0.1) is 12.2 Å². The highest BCUT2D eigenvalue weighted by atomic mass is 28.4. The summed E-state index contributed by atoms with van der Waals surface area (Å²) in [4.78, 5) is 0. The average molecular weight is 285 g/mol.